The van der Waals surface area contributed by atoms with Gasteiger partial charge in [-0.05, 0) is 60.2 Å². The van der Waals surface area contributed by atoms with E-state index in [1.807, 2.05) is 72.8 Å². The lowest BCUT2D eigenvalue weighted by molar-refractivity contribution is 0.477. The van der Waals surface area contributed by atoms with Gasteiger partial charge in [0.2, 0.25) is 0 Å². The Morgan fingerprint density at radius 2 is 1.02 bits per heavy atom. The predicted octanol–water partition coefficient (Wildman–Crippen LogP) is 12.6. The van der Waals surface area contributed by atoms with Crippen molar-refractivity contribution in [2.24, 2.45) is 0 Å². The van der Waals surface area contributed by atoms with Crippen molar-refractivity contribution < 1.29 is 9.15 Å². The summed E-state index contributed by atoms with van der Waals surface area (Å²) in [5, 5.41) is 2.12. The van der Waals surface area contributed by atoms with Crippen molar-refractivity contribution in [3.05, 3.63) is 176 Å². The number of aromatic nitrogens is 2. The zero-order valence-corrected chi connectivity index (χ0v) is 27.4. The van der Waals surface area contributed by atoms with Gasteiger partial charge in [-0.25, -0.2) is 9.97 Å². The van der Waals surface area contributed by atoms with Crippen LogP contribution in [0.5, 0.6) is 11.5 Å². The topological polar surface area (TPSA) is 51.4 Å². The van der Waals surface area contributed by atoms with Crippen LogP contribution in [0.15, 0.2) is 180 Å². The smallest absolute Gasteiger partial charge is 0.160 e. The Morgan fingerprint density at radius 3 is 1.67 bits per heavy atom. The number of hydrogen-bond donors (Lipinski definition) is 0. The maximum absolute atomic E-state index is 6.69. The third-order valence-corrected chi connectivity index (χ3v) is 9.49. The summed E-state index contributed by atoms with van der Waals surface area (Å²) < 4.78 is 12.9. The Labute approximate surface area is 294 Å². The molecule has 0 saturated heterocycles. The molecule has 0 saturated carbocycles. The third kappa shape index (κ3) is 5.03. The number of fused-ring (bicyclic) bond motifs is 5. The average molecular weight is 656 g/mol. The third-order valence-electron chi connectivity index (χ3n) is 9.49. The molecule has 0 unspecified atom stereocenters. The molecule has 0 spiro atoms. The second-order valence-electron chi connectivity index (χ2n) is 12.6. The molecule has 0 radical (unpaired) electrons. The quantitative estimate of drug-likeness (QED) is 0.185. The van der Waals surface area contributed by atoms with Crippen LogP contribution in [0.1, 0.15) is 0 Å². The van der Waals surface area contributed by atoms with E-state index in [4.69, 9.17) is 19.1 Å². The second kappa shape index (κ2) is 11.9. The SMILES string of the molecule is c1ccc(-c2cc(-c3ccccc3)nc(-c3ccc4c(c3)oc3c(-c5ccc(N6c7ccccc7Oc7ccccc76)cc5)cccc34)n2)cc1. The van der Waals surface area contributed by atoms with Gasteiger partial charge in [-0.2, -0.15) is 0 Å². The molecule has 0 amide bonds. The van der Waals surface area contributed by atoms with Crippen LogP contribution in [-0.4, -0.2) is 9.97 Å². The van der Waals surface area contributed by atoms with Crippen LogP contribution in [0, 0.1) is 0 Å². The Bertz CT molecular complexity index is 2620. The van der Waals surface area contributed by atoms with Gasteiger partial charge in [0.1, 0.15) is 11.2 Å². The van der Waals surface area contributed by atoms with Crippen molar-refractivity contribution >= 4 is 39.0 Å². The zero-order valence-electron chi connectivity index (χ0n) is 27.4. The number of rotatable bonds is 5. The number of furan rings is 1. The first kappa shape index (κ1) is 29.0. The molecular formula is C46H29N3O2. The molecule has 3 heterocycles. The van der Waals surface area contributed by atoms with Crippen molar-refractivity contribution in [3.63, 3.8) is 0 Å². The molecule has 51 heavy (non-hydrogen) atoms. The number of anilines is 3. The molecule has 7 aromatic carbocycles. The number of para-hydroxylation sites is 5. The molecule has 0 bridgehead atoms. The van der Waals surface area contributed by atoms with Crippen molar-refractivity contribution in [2.45, 2.75) is 0 Å². The fraction of sp³-hybridized carbons (Fsp3) is 0. The molecule has 5 nitrogen and oxygen atoms in total. The maximum atomic E-state index is 6.69. The van der Waals surface area contributed by atoms with Gasteiger partial charge in [0.05, 0.1) is 22.8 Å². The lowest BCUT2D eigenvalue weighted by Gasteiger charge is -2.32. The van der Waals surface area contributed by atoms with E-state index in [9.17, 15) is 0 Å². The van der Waals surface area contributed by atoms with E-state index in [1.165, 1.54) is 0 Å². The van der Waals surface area contributed by atoms with E-state index in [0.29, 0.717) is 5.82 Å². The summed E-state index contributed by atoms with van der Waals surface area (Å²) in [6.07, 6.45) is 0. The molecule has 0 fully saturated rings. The number of ether oxygens (including phenoxy) is 1. The molecule has 2 aromatic heterocycles. The molecule has 240 valence electrons. The van der Waals surface area contributed by atoms with Gasteiger partial charge in [-0.1, -0.05) is 121 Å². The van der Waals surface area contributed by atoms with Crippen LogP contribution in [0.25, 0.3) is 67.0 Å². The Morgan fingerprint density at radius 1 is 0.431 bits per heavy atom. The minimum atomic E-state index is 0.652. The van der Waals surface area contributed by atoms with E-state index in [-0.39, 0.29) is 0 Å². The highest BCUT2D eigenvalue weighted by atomic mass is 16.5. The van der Waals surface area contributed by atoms with Crippen molar-refractivity contribution in [3.8, 4) is 56.5 Å². The average Bonchev–Trinajstić information content (AvgIpc) is 3.59. The van der Waals surface area contributed by atoms with Gasteiger partial charge in [-0.15, -0.1) is 0 Å². The first-order valence-corrected chi connectivity index (χ1v) is 17.0. The lowest BCUT2D eigenvalue weighted by Crippen LogP contribution is -2.15. The second-order valence-corrected chi connectivity index (χ2v) is 12.6. The largest absolute Gasteiger partial charge is 0.455 e. The summed E-state index contributed by atoms with van der Waals surface area (Å²) >= 11 is 0. The number of hydrogen-bond acceptors (Lipinski definition) is 5. The van der Waals surface area contributed by atoms with Crippen molar-refractivity contribution in [1.29, 1.82) is 0 Å². The summed E-state index contributed by atoms with van der Waals surface area (Å²) in [7, 11) is 0. The highest BCUT2D eigenvalue weighted by Gasteiger charge is 2.25. The molecule has 0 atom stereocenters. The Balaban J connectivity index is 1.05. The van der Waals surface area contributed by atoms with Crippen LogP contribution >= 0.6 is 0 Å². The molecule has 9 aromatic rings. The van der Waals surface area contributed by atoms with Crippen LogP contribution in [-0.2, 0) is 0 Å². The van der Waals surface area contributed by atoms with Gasteiger partial charge < -0.3 is 14.1 Å². The van der Waals surface area contributed by atoms with E-state index in [1.54, 1.807) is 0 Å². The summed E-state index contributed by atoms with van der Waals surface area (Å²) in [6, 6.07) is 60.1. The highest BCUT2D eigenvalue weighted by Crippen LogP contribution is 2.50. The minimum Gasteiger partial charge on any atom is -0.455 e. The molecule has 1 aliphatic heterocycles. The molecule has 0 N–H and O–H groups in total. The van der Waals surface area contributed by atoms with Gasteiger partial charge in [0.25, 0.3) is 0 Å². The summed E-state index contributed by atoms with van der Waals surface area (Å²) in [5.74, 6) is 2.32. The summed E-state index contributed by atoms with van der Waals surface area (Å²) in [6.45, 7) is 0. The van der Waals surface area contributed by atoms with E-state index in [0.717, 1.165) is 89.7 Å². The first-order chi connectivity index (χ1) is 25.3. The van der Waals surface area contributed by atoms with Gasteiger partial charge in [0, 0.05) is 38.7 Å². The Hall–Kier alpha value is -6.98. The molecule has 1 aliphatic rings. The maximum Gasteiger partial charge on any atom is 0.160 e. The van der Waals surface area contributed by atoms with Crippen LogP contribution < -0.4 is 9.64 Å². The standard InChI is InChI=1S/C46H29N3O2/c1-3-12-31(13-4-1)38-29-39(32-14-5-2-6-15-32)48-46(47-38)33-24-27-36-37-17-11-16-35(45(37)51-44(36)28-33)30-22-25-34(26-23-30)49-40-18-7-9-20-42(40)50-43-21-10-8-19-41(43)49/h1-29H. The molecule has 10 rings (SSSR count). The lowest BCUT2D eigenvalue weighted by atomic mass is 10.0. The fourth-order valence-corrected chi connectivity index (χ4v) is 7.03. The number of nitrogens with zero attached hydrogens (tertiary/aromatic N) is 3. The van der Waals surface area contributed by atoms with Crippen LogP contribution in [0.4, 0.5) is 17.1 Å². The molecule has 5 heteroatoms. The van der Waals surface area contributed by atoms with Gasteiger partial charge in [0.15, 0.2) is 17.3 Å². The van der Waals surface area contributed by atoms with Gasteiger partial charge in [-0.3, -0.25) is 0 Å². The molecular weight excluding hydrogens is 627 g/mol. The fourth-order valence-electron chi connectivity index (χ4n) is 7.03. The highest BCUT2D eigenvalue weighted by molar-refractivity contribution is 6.10. The predicted molar refractivity (Wildman–Crippen MR) is 206 cm³/mol. The van der Waals surface area contributed by atoms with E-state index in [2.05, 4.69) is 108 Å². The normalized spacial score (nSPS) is 12.0. The summed E-state index contributed by atoms with van der Waals surface area (Å²) in [4.78, 5) is 12.3. The van der Waals surface area contributed by atoms with E-state index < -0.39 is 0 Å². The first-order valence-electron chi connectivity index (χ1n) is 17.0. The summed E-state index contributed by atoms with van der Waals surface area (Å²) in [5.41, 5.74) is 11.6. The minimum absolute atomic E-state index is 0.652. The zero-order chi connectivity index (χ0) is 33.7. The van der Waals surface area contributed by atoms with Crippen molar-refractivity contribution in [2.75, 3.05) is 4.90 Å². The van der Waals surface area contributed by atoms with Gasteiger partial charge >= 0.3 is 0 Å². The molecule has 0 aliphatic carbocycles. The van der Waals surface area contributed by atoms with Crippen LogP contribution in [0.2, 0.25) is 0 Å². The van der Waals surface area contributed by atoms with Crippen LogP contribution in [0.3, 0.4) is 0 Å². The monoisotopic (exact) mass is 655 g/mol. The van der Waals surface area contributed by atoms with Crippen molar-refractivity contribution in [1.82, 2.24) is 9.97 Å². The van der Waals surface area contributed by atoms with E-state index >= 15 is 0 Å². The number of benzene rings is 7. The Kier molecular flexibility index (Phi) is 6.74.